The van der Waals surface area contributed by atoms with Crippen LogP contribution in [-0.2, 0) is 10.3 Å². The number of likely N-dealkylation sites (N-methyl/N-ethyl adjacent to an activating group) is 1. The van der Waals surface area contributed by atoms with Gasteiger partial charge in [-0.2, -0.15) is 5.10 Å². The number of nitrogens with one attached hydrogen (secondary N) is 2. The molecule has 0 unspecified atom stereocenters. The van der Waals surface area contributed by atoms with Crippen molar-refractivity contribution < 1.29 is 4.79 Å². The van der Waals surface area contributed by atoms with Gasteiger partial charge in [-0.15, -0.1) is 0 Å². The number of aryl methyl sites for hydroxylation is 1. The van der Waals surface area contributed by atoms with Gasteiger partial charge >= 0.3 is 0 Å². The first kappa shape index (κ1) is 12.7. The Balaban J connectivity index is 2.91. The Labute approximate surface area is 96.2 Å². The summed E-state index contributed by atoms with van der Waals surface area (Å²) in [6.45, 7) is 8.36. The van der Waals surface area contributed by atoms with Crippen LogP contribution in [0, 0.1) is 6.92 Å². The van der Waals surface area contributed by atoms with E-state index in [0.29, 0.717) is 6.54 Å². The molecule has 5 nitrogen and oxygen atoms in total. The quantitative estimate of drug-likeness (QED) is 0.808. The van der Waals surface area contributed by atoms with Crippen molar-refractivity contribution in [3.8, 4) is 0 Å². The second kappa shape index (κ2) is 4.65. The first-order chi connectivity index (χ1) is 7.34. The minimum absolute atomic E-state index is 0.0621. The van der Waals surface area contributed by atoms with E-state index in [-0.39, 0.29) is 11.4 Å². The van der Waals surface area contributed by atoms with E-state index in [1.807, 2.05) is 38.4 Å². The van der Waals surface area contributed by atoms with Crippen molar-refractivity contribution in [2.24, 2.45) is 0 Å². The average Bonchev–Trinajstić information content (AvgIpc) is 2.46. The molecule has 0 saturated carbocycles. The zero-order valence-corrected chi connectivity index (χ0v) is 10.6. The molecule has 0 aliphatic carbocycles. The molecule has 0 aliphatic rings. The number of rotatable bonds is 3. The summed E-state index contributed by atoms with van der Waals surface area (Å²) in [7, 11) is 1.74. The number of anilines is 1. The lowest BCUT2D eigenvalue weighted by atomic mass is 10.1. The van der Waals surface area contributed by atoms with Gasteiger partial charge in [0.1, 0.15) is 5.82 Å². The minimum Gasteiger partial charge on any atom is -0.311 e. The van der Waals surface area contributed by atoms with Crippen molar-refractivity contribution in [1.82, 2.24) is 15.1 Å². The Bertz CT molecular complexity index is 376. The lowest BCUT2D eigenvalue weighted by Gasteiger charge is -2.22. The molecule has 1 aromatic rings. The van der Waals surface area contributed by atoms with Crippen LogP contribution in [0.15, 0.2) is 6.07 Å². The lowest BCUT2D eigenvalue weighted by molar-refractivity contribution is -0.115. The van der Waals surface area contributed by atoms with E-state index in [2.05, 4.69) is 15.7 Å². The fourth-order valence-corrected chi connectivity index (χ4v) is 1.45. The van der Waals surface area contributed by atoms with Gasteiger partial charge in [0.05, 0.1) is 17.8 Å². The van der Waals surface area contributed by atoms with Crippen molar-refractivity contribution in [2.75, 3.05) is 18.9 Å². The van der Waals surface area contributed by atoms with Gasteiger partial charge in [-0.1, -0.05) is 0 Å². The highest BCUT2D eigenvalue weighted by molar-refractivity contribution is 5.91. The molecule has 1 rings (SSSR count). The molecule has 0 radical (unpaired) electrons. The van der Waals surface area contributed by atoms with Gasteiger partial charge < -0.3 is 10.6 Å². The number of carbonyl (C=O) groups is 1. The van der Waals surface area contributed by atoms with E-state index >= 15 is 0 Å². The molecule has 16 heavy (non-hydrogen) atoms. The molecule has 1 amide bonds. The summed E-state index contributed by atoms with van der Waals surface area (Å²) in [6.07, 6.45) is 0. The largest absolute Gasteiger partial charge is 0.311 e. The van der Waals surface area contributed by atoms with Gasteiger partial charge in [0, 0.05) is 6.07 Å². The van der Waals surface area contributed by atoms with Gasteiger partial charge in [0.15, 0.2) is 0 Å². The van der Waals surface area contributed by atoms with Crippen LogP contribution in [0.25, 0.3) is 0 Å². The molecule has 0 aliphatic heterocycles. The van der Waals surface area contributed by atoms with Crippen LogP contribution in [-0.4, -0.2) is 29.3 Å². The number of hydrogen-bond acceptors (Lipinski definition) is 3. The number of hydrogen-bond donors (Lipinski definition) is 2. The number of aromatic nitrogens is 2. The number of amides is 1. The first-order valence-electron chi connectivity index (χ1n) is 5.36. The predicted molar refractivity (Wildman–Crippen MR) is 64.5 cm³/mol. The average molecular weight is 224 g/mol. The monoisotopic (exact) mass is 224 g/mol. The molecule has 0 fully saturated rings. The van der Waals surface area contributed by atoms with Gasteiger partial charge in [0.25, 0.3) is 0 Å². The van der Waals surface area contributed by atoms with Crippen LogP contribution in [0.2, 0.25) is 0 Å². The van der Waals surface area contributed by atoms with Gasteiger partial charge in [-0.25, -0.2) is 4.68 Å². The molecule has 1 heterocycles. The van der Waals surface area contributed by atoms with Crippen LogP contribution < -0.4 is 10.6 Å². The standard InChI is InChI=1S/C11H20N4O/c1-8-6-9(13-10(16)7-12-5)15(14-8)11(2,3)4/h6,12H,7H2,1-5H3,(H,13,16). The van der Waals surface area contributed by atoms with Crippen molar-refractivity contribution in [3.05, 3.63) is 11.8 Å². The molecule has 1 aromatic heterocycles. The molecule has 0 saturated heterocycles. The maximum atomic E-state index is 11.5. The van der Waals surface area contributed by atoms with Crippen LogP contribution >= 0.6 is 0 Å². The maximum Gasteiger partial charge on any atom is 0.239 e. The smallest absolute Gasteiger partial charge is 0.239 e. The first-order valence-corrected chi connectivity index (χ1v) is 5.36. The van der Waals surface area contributed by atoms with Gasteiger partial charge in [-0.05, 0) is 34.7 Å². The second-order valence-corrected chi connectivity index (χ2v) is 4.83. The molecule has 0 aromatic carbocycles. The fourth-order valence-electron chi connectivity index (χ4n) is 1.45. The molecule has 5 heteroatoms. The third kappa shape index (κ3) is 3.06. The molecule has 2 N–H and O–H groups in total. The van der Waals surface area contributed by atoms with Crippen LogP contribution in [0.4, 0.5) is 5.82 Å². The Hall–Kier alpha value is -1.36. The second-order valence-electron chi connectivity index (χ2n) is 4.83. The van der Waals surface area contributed by atoms with E-state index in [4.69, 9.17) is 0 Å². The Morgan fingerprint density at radius 1 is 1.50 bits per heavy atom. The summed E-state index contributed by atoms with van der Waals surface area (Å²) in [5.41, 5.74) is 0.756. The lowest BCUT2D eigenvalue weighted by Crippen LogP contribution is -2.30. The van der Waals surface area contributed by atoms with Gasteiger partial charge in [-0.3, -0.25) is 4.79 Å². The highest BCUT2D eigenvalue weighted by Crippen LogP contribution is 2.20. The van der Waals surface area contributed by atoms with Crippen molar-refractivity contribution in [2.45, 2.75) is 33.2 Å². The molecule has 0 atom stereocenters. The summed E-state index contributed by atoms with van der Waals surface area (Å²) in [5.74, 6) is 0.679. The molecule has 90 valence electrons. The third-order valence-corrected chi connectivity index (χ3v) is 2.07. The third-order valence-electron chi connectivity index (χ3n) is 2.07. The van der Waals surface area contributed by atoms with E-state index in [9.17, 15) is 4.79 Å². The fraction of sp³-hybridized carbons (Fsp3) is 0.636. The highest BCUT2D eigenvalue weighted by atomic mass is 16.2. The SMILES string of the molecule is CNCC(=O)Nc1cc(C)nn1C(C)(C)C. The van der Waals surface area contributed by atoms with Crippen molar-refractivity contribution in [3.63, 3.8) is 0 Å². The van der Waals surface area contributed by atoms with Crippen LogP contribution in [0.3, 0.4) is 0 Å². The van der Waals surface area contributed by atoms with Crippen molar-refractivity contribution in [1.29, 1.82) is 0 Å². The number of nitrogens with zero attached hydrogens (tertiary/aromatic N) is 2. The van der Waals surface area contributed by atoms with E-state index in [0.717, 1.165) is 11.5 Å². The van der Waals surface area contributed by atoms with E-state index in [1.54, 1.807) is 7.05 Å². The summed E-state index contributed by atoms with van der Waals surface area (Å²) in [5, 5.41) is 10.0. The normalized spacial score (nSPS) is 11.6. The Morgan fingerprint density at radius 2 is 2.12 bits per heavy atom. The maximum absolute atomic E-state index is 11.5. The summed E-state index contributed by atoms with van der Waals surface area (Å²) in [6, 6.07) is 1.87. The topological polar surface area (TPSA) is 59.0 Å². The summed E-state index contributed by atoms with van der Waals surface area (Å²) < 4.78 is 1.83. The van der Waals surface area contributed by atoms with Crippen LogP contribution in [0.1, 0.15) is 26.5 Å². The van der Waals surface area contributed by atoms with Gasteiger partial charge in [0.2, 0.25) is 5.91 Å². The predicted octanol–water partition coefficient (Wildman–Crippen LogP) is 1.10. The zero-order chi connectivity index (χ0) is 12.3. The molecule has 0 spiro atoms. The van der Waals surface area contributed by atoms with Crippen LogP contribution in [0.5, 0.6) is 0 Å². The van der Waals surface area contributed by atoms with E-state index < -0.39 is 0 Å². The Kier molecular flexibility index (Phi) is 3.70. The number of carbonyl (C=O) groups excluding carboxylic acids is 1. The summed E-state index contributed by atoms with van der Waals surface area (Å²) in [4.78, 5) is 11.5. The molecular formula is C11H20N4O. The highest BCUT2D eigenvalue weighted by Gasteiger charge is 2.19. The Morgan fingerprint density at radius 3 is 2.62 bits per heavy atom. The minimum atomic E-state index is -0.142. The molecular weight excluding hydrogens is 204 g/mol. The zero-order valence-electron chi connectivity index (χ0n) is 10.6. The summed E-state index contributed by atoms with van der Waals surface area (Å²) >= 11 is 0. The van der Waals surface area contributed by atoms with Crippen molar-refractivity contribution >= 4 is 11.7 Å². The van der Waals surface area contributed by atoms with E-state index in [1.165, 1.54) is 0 Å². The molecule has 0 bridgehead atoms.